The second kappa shape index (κ2) is 10.4. The molecule has 2 aromatic rings. The van der Waals surface area contributed by atoms with Crippen LogP contribution in [0.4, 0.5) is 9.18 Å². The molecule has 1 aliphatic rings. The minimum atomic E-state index is -0.545. The van der Waals surface area contributed by atoms with E-state index in [1.807, 2.05) is 20.8 Å². The summed E-state index contributed by atoms with van der Waals surface area (Å²) in [6.07, 6.45) is 3.52. The fourth-order valence-electron chi connectivity index (χ4n) is 3.95. The highest BCUT2D eigenvalue weighted by Gasteiger charge is 2.32. The third-order valence-electron chi connectivity index (χ3n) is 5.66. The first-order chi connectivity index (χ1) is 15.5. The molecule has 1 aromatic heterocycles. The van der Waals surface area contributed by atoms with Crippen molar-refractivity contribution in [1.29, 1.82) is 0 Å². The second-order valence-electron chi connectivity index (χ2n) is 10.0. The van der Waals surface area contributed by atoms with Gasteiger partial charge in [0, 0.05) is 25.6 Å². The Hall–Kier alpha value is -2.90. The first-order valence-corrected chi connectivity index (χ1v) is 11.6. The van der Waals surface area contributed by atoms with E-state index >= 15 is 0 Å². The topological polar surface area (TPSA) is 76.5 Å². The zero-order valence-electron chi connectivity index (χ0n) is 20.2. The maximum Gasteiger partial charge on any atom is 0.410 e. The number of rotatable bonds is 6. The summed E-state index contributed by atoms with van der Waals surface area (Å²) in [7, 11) is 0. The highest BCUT2D eigenvalue weighted by molar-refractivity contribution is 5.95. The monoisotopic (exact) mass is 458 g/mol. The van der Waals surface area contributed by atoms with Crippen molar-refractivity contribution in [3.8, 4) is 5.69 Å². The Labute approximate surface area is 195 Å². The fraction of sp³-hybridized carbons (Fsp3) is 0.560. The molecule has 33 heavy (non-hydrogen) atoms. The molecule has 0 spiro atoms. The van der Waals surface area contributed by atoms with Crippen LogP contribution >= 0.6 is 0 Å². The van der Waals surface area contributed by atoms with Gasteiger partial charge < -0.3 is 15.0 Å². The molecule has 1 saturated heterocycles. The number of aromatic nitrogens is 2. The predicted octanol–water partition coefficient (Wildman–Crippen LogP) is 4.90. The Morgan fingerprint density at radius 2 is 1.82 bits per heavy atom. The van der Waals surface area contributed by atoms with Gasteiger partial charge in [0.1, 0.15) is 11.4 Å². The van der Waals surface area contributed by atoms with E-state index in [1.165, 1.54) is 12.1 Å². The lowest BCUT2D eigenvalue weighted by Crippen LogP contribution is -2.41. The van der Waals surface area contributed by atoms with Crippen molar-refractivity contribution in [1.82, 2.24) is 20.0 Å². The average molecular weight is 459 g/mol. The van der Waals surface area contributed by atoms with E-state index < -0.39 is 5.60 Å². The van der Waals surface area contributed by atoms with Gasteiger partial charge in [-0.15, -0.1) is 0 Å². The van der Waals surface area contributed by atoms with Crippen LogP contribution in [0.1, 0.15) is 75.9 Å². The van der Waals surface area contributed by atoms with Crippen molar-refractivity contribution >= 4 is 12.0 Å². The van der Waals surface area contributed by atoms with Crippen molar-refractivity contribution in [2.45, 2.75) is 65.4 Å². The van der Waals surface area contributed by atoms with Crippen molar-refractivity contribution in [3.05, 3.63) is 47.5 Å². The molecule has 0 bridgehead atoms. The van der Waals surface area contributed by atoms with Crippen LogP contribution in [0.5, 0.6) is 0 Å². The summed E-state index contributed by atoms with van der Waals surface area (Å²) in [4.78, 5) is 27.2. The summed E-state index contributed by atoms with van der Waals surface area (Å²) in [6, 6.07) is 6.08. The Bertz CT molecular complexity index is 955. The molecule has 8 heteroatoms. The third kappa shape index (κ3) is 6.55. The molecule has 0 unspecified atom stereocenters. The maximum absolute atomic E-state index is 13.5. The van der Waals surface area contributed by atoms with E-state index in [0.717, 1.165) is 12.1 Å². The lowest BCUT2D eigenvalue weighted by molar-refractivity contribution is 0.0203. The number of benzene rings is 1. The van der Waals surface area contributed by atoms with Crippen LogP contribution in [-0.2, 0) is 4.74 Å². The smallest absolute Gasteiger partial charge is 0.410 e. The molecule has 1 aromatic carbocycles. The number of carbonyl (C=O) groups is 2. The molecule has 7 nitrogen and oxygen atoms in total. The number of hydrogen-bond acceptors (Lipinski definition) is 4. The number of ether oxygens (including phenoxy) is 1. The molecule has 3 rings (SSSR count). The quantitative estimate of drug-likeness (QED) is 0.668. The van der Waals surface area contributed by atoms with Gasteiger partial charge in [0.2, 0.25) is 0 Å². The highest BCUT2D eigenvalue weighted by Crippen LogP contribution is 2.32. The van der Waals surface area contributed by atoms with Gasteiger partial charge in [-0.1, -0.05) is 13.8 Å². The number of hydrogen-bond donors (Lipinski definition) is 1. The molecule has 0 atom stereocenters. The van der Waals surface area contributed by atoms with Gasteiger partial charge in [-0.25, -0.2) is 13.9 Å². The summed E-state index contributed by atoms with van der Waals surface area (Å²) in [6.45, 7) is 11.4. The van der Waals surface area contributed by atoms with Crippen molar-refractivity contribution in [3.63, 3.8) is 0 Å². The number of nitrogens with one attached hydrogen (secondary N) is 1. The Kier molecular flexibility index (Phi) is 7.76. The van der Waals surface area contributed by atoms with Crippen LogP contribution in [0.25, 0.3) is 5.69 Å². The molecule has 180 valence electrons. The molecule has 0 aliphatic carbocycles. The first kappa shape index (κ1) is 24.7. The molecule has 1 fully saturated rings. The highest BCUT2D eigenvalue weighted by atomic mass is 19.1. The van der Waals surface area contributed by atoms with Crippen LogP contribution in [0.15, 0.2) is 30.5 Å². The van der Waals surface area contributed by atoms with E-state index in [-0.39, 0.29) is 23.7 Å². The molecule has 1 aliphatic heterocycles. The van der Waals surface area contributed by atoms with E-state index in [9.17, 15) is 14.0 Å². The molecule has 0 saturated carbocycles. The summed E-state index contributed by atoms with van der Waals surface area (Å²) < 4.78 is 20.7. The largest absolute Gasteiger partial charge is 0.444 e. The van der Waals surface area contributed by atoms with Crippen LogP contribution < -0.4 is 5.32 Å². The number of halogens is 1. The molecular weight excluding hydrogens is 423 g/mol. The summed E-state index contributed by atoms with van der Waals surface area (Å²) in [5.74, 6) is 0.0318. The predicted molar refractivity (Wildman–Crippen MR) is 125 cm³/mol. The number of amides is 2. The second-order valence-corrected chi connectivity index (χ2v) is 10.0. The van der Waals surface area contributed by atoms with Crippen molar-refractivity contribution in [2.24, 2.45) is 5.92 Å². The van der Waals surface area contributed by atoms with E-state index in [0.29, 0.717) is 49.6 Å². The van der Waals surface area contributed by atoms with Gasteiger partial charge in [0.25, 0.3) is 5.91 Å². The van der Waals surface area contributed by atoms with Gasteiger partial charge >= 0.3 is 6.09 Å². The van der Waals surface area contributed by atoms with E-state index in [4.69, 9.17) is 4.74 Å². The lowest BCUT2D eigenvalue weighted by atomic mass is 9.90. The minimum absolute atomic E-state index is 0.0297. The molecule has 2 heterocycles. The lowest BCUT2D eigenvalue weighted by Gasteiger charge is -2.34. The van der Waals surface area contributed by atoms with Gasteiger partial charge in [-0.2, -0.15) is 5.10 Å². The minimum Gasteiger partial charge on any atom is -0.444 e. The van der Waals surface area contributed by atoms with Gasteiger partial charge in [0.15, 0.2) is 0 Å². The summed E-state index contributed by atoms with van der Waals surface area (Å²) in [5, 5.41) is 7.49. The van der Waals surface area contributed by atoms with Crippen molar-refractivity contribution < 1.29 is 18.7 Å². The number of nitrogens with zero attached hydrogens (tertiary/aromatic N) is 3. The maximum atomic E-state index is 13.5. The molecular formula is C25H35FN4O3. The van der Waals surface area contributed by atoms with E-state index in [1.54, 1.807) is 27.9 Å². The summed E-state index contributed by atoms with van der Waals surface area (Å²) in [5.41, 5.74) is 1.48. The Morgan fingerprint density at radius 1 is 1.18 bits per heavy atom. The molecule has 0 radical (unpaired) electrons. The van der Waals surface area contributed by atoms with Gasteiger partial charge in [0.05, 0.1) is 23.1 Å². The third-order valence-corrected chi connectivity index (χ3v) is 5.66. The van der Waals surface area contributed by atoms with E-state index in [2.05, 4.69) is 24.3 Å². The van der Waals surface area contributed by atoms with Gasteiger partial charge in [-0.05, 0) is 70.2 Å². The van der Waals surface area contributed by atoms with Crippen LogP contribution in [-0.4, -0.2) is 51.9 Å². The summed E-state index contributed by atoms with van der Waals surface area (Å²) >= 11 is 0. The first-order valence-electron chi connectivity index (χ1n) is 11.6. The van der Waals surface area contributed by atoms with Crippen LogP contribution in [0.2, 0.25) is 0 Å². The van der Waals surface area contributed by atoms with Crippen LogP contribution in [0, 0.1) is 11.7 Å². The van der Waals surface area contributed by atoms with Crippen LogP contribution in [0.3, 0.4) is 0 Å². The van der Waals surface area contributed by atoms with Gasteiger partial charge in [-0.3, -0.25) is 4.79 Å². The standard InChI is InChI=1S/C25H35FN4O3/c1-17(2)10-13-27-23(31)21-16-28-30(20-8-6-19(26)7-9-20)22(21)18-11-14-29(15-12-18)24(32)33-25(3,4)5/h6-9,16-18H,10-15H2,1-5H3,(H,27,31). The average Bonchev–Trinajstić information content (AvgIpc) is 3.18. The number of carbonyl (C=O) groups excluding carboxylic acids is 2. The Morgan fingerprint density at radius 3 is 2.39 bits per heavy atom. The number of likely N-dealkylation sites (tertiary alicyclic amines) is 1. The van der Waals surface area contributed by atoms with Crippen molar-refractivity contribution in [2.75, 3.05) is 19.6 Å². The Balaban J connectivity index is 1.82. The SMILES string of the molecule is CC(C)CCNC(=O)c1cnn(-c2ccc(F)cc2)c1C1CCN(C(=O)OC(C)(C)C)CC1. The zero-order valence-corrected chi connectivity index (χ0v) is 20.2. The normalized spacial score (nSPS) is 15.1. The number of piperidine rings is 1. The molecule has 1 N–H and O–H groups in total. The zero-order chi connectivity index (χ0) is 24.2. The molecule has 2 amide bonds. The fourth-order valence-corrected chi connectivity index (χ4v) is 3.95.